The fraction of sp³-hybridized carbons (Fsp3) is 0.300. The van der Waals surface area contributed by atoms with Crippen molar-refractivity contribution in [3.05, 3.63) is 59.7 Å². The van der Waals surface area contributed by atoms with Crippen molar-refractivity contribution in [3.8, 4) is 5.75 Å². The summed E-state index contributed by atoms with van der Waals surface area (Å²) in [5.41, 5.74) is 7.89. The van der Waals surface area contributed by atoms with E-state index in [9.17, 15) is 9.59 Å². The molecule has 25 heavy (non-hydrogen) atoms. The van der Waals surface area contributed by atoms with Gasteiger partial charge in [0, 0.05) is 25.1 Å². The van der Waals surface area contributed by atoms with Crippen molar-refractivity contribution in [2.24, 2.45) is 5.92 Å². The molecule has 0 bridgehead atoms. The summed E-state index contributed by atoms with van der Waals surface area (Å²) in [5.74, 6) is 0.184. The monoisotopic (exact) mass is 340 g/mol. The first-order valence-corrected chi connectivity index (χ1v) is 8.23. The Kier molecular flexibility index (Phi) is 6.17. The van der Waals surface area contributed by atoms with E-state index in [2.05, 4.69) is 0 Å². The number of likely N-dealkylation sites (N-methyl/N-ethyl adjacent to an activating group) is 1. The fourth-order valence-electron chi connectivity index (χ4n) is 2.36. The average molecular weight is 340 g/mol. The van der Waals surface area contributed by atoms with E-state index in [1.54, 1.807) is 30.1 Å². The van der Waals surface area contributed by atoms with Gasteiger partial charge in [-0.05, 0) is 23.8 Å². The summed E-state index contributed by atoms with van der Waals surface area (Å²) in [5, 5.41) is 0. The molecule has 0 aliphatic rings. The van der Waals surface area contributed by atoms with Crippen LogP contribution in [0.25, 0.3) is 0 Å². The van der Waals surface area contributed by atoms with Crippen LogP contribution in [-0.4, -0.2) is 30.2 Å². The standard InChI is InChI=1S/C20H24N2O3/c1-14(2)20(24)16-9-10-18(17(21)11-16)25-13-19(23)22(3)12-15-7-5-4-6-8-15/h4-11,14H,12-13,21H2,1-3H3. The quantitative estimate of drug-likeness (QED) is 0.621. The number of nitrogens with two attached hydrogens (primary N) is 1. The highest BCUT2D eigenvalue weighted by Gasteiger charge is 2.14. The molecule has 0 aliphatic carbocycles. The van der Waals surface area contributed by atoms with Crippen LogP contribution in [-0.2, 0) is 11.3 Å². The molecule has 2 N–H and O–H groups in total. The Bertz CT molecular complexity index is 742. The molecule has 0 heterocycles. The molecule has 2 aromatic carbocycles. The summed E-state index contributed by atoms with van der Waals surface area (Å²) in [6, 6.07) is 14.6. The SMILES string of the molecule is CC(C)C(=O)c1ccc(OCC(=O)N(C)Cc2ccccc2)c(N)c1. The summed E-state index contributed by atoms with van der Waals surface area (Å²) in [6.07, 6.45) is 0. The maximum Gasteiger partial charge on any atom is 0.260 e. The van der Waals surface area contributed by atoms with Crippen LogP contribution in [0.15, 0.2) is 48.5 Å². The van der Waals surface area contributed by atoms with Crippen molar-refractivity contribution in [1.29, 1.82) is 0 Å². The maximum atomic E-state index is 12.2. The predicted molar refractivity (Wildman–Crippen MR) is 98.4 cm³/mol. The molecule has 1 amide bonds. The van der Waals surface area contributed by atoms with Crippen LogP contribution in [0.2, 0.25) is 0 Å². The third-order valence-electron chi connectivity index (χ3n) is 3.86. The number of anilines is 1. The molecule has 0 aromatic heterocycles. The number of nitrogen functional groups attached to an aromatic ring is 1. The summed E-state index contributed by atoms with van der Waals surface area (Å²) >= 11 is 0. The molecule has 0 atom stereocenters. The van der Waals surface area contributed by atoms with Crippen LogP contribution in [0.3, 0.4) is 0 Å². The average Bonchev–Trinajstić information content (AvgIpc) is 2.60. The lowest BCUT2D eigenvalue weighted by Crippen LogP contribution is -2.31. The number of hydrogen-bond donors (Lipinski definition) is 1. The highest BCUT2D eigenvalue weighted by atomic mass is 16.5. The van der Waals surface area contributed by atoms with Crippen molar-refractivity contribution < 1.29 is 14.3 Å². The number of amides is 1. The van der Waals surface area contributed by atoms with Crippen molar-refractivity contribution in [1.82, 2.24) is 4.90 Å². The third-order valence-corrected chi connectivity index (χ3v) is 3.86. The molecular formula is C20H24N2O3. The number of ether oxygens (including phenoxy) is 1. The lowest BCUT2D eigenvalue weighted by molar-refractivity contribution is -0.132. The summed E-state index contributed by atoms with van der Waals surface area (Å²) < 4.78 is 5.53. The van der Waals surface area contributed by atoms with E-state index in [1.807, 2.05) is 44.2 Å². The number of benzene rings is 2. The number of nitrogens with zero attached hydrogens (tertiary/aromatic N) is 1. The summed E-state index contributed by atoms with van der Waals surface area (Å²) in [7, 11) is 1.73. The van der Waals surface area contributed by atoms with E-state index < -0.39 is 0 Å². The lowest BCUT2D eigenvalue weighted by atomic mass is 10.0. The van der Waals surface area contributed by atoms with Gasteiger partial charge in [-0.3, -0.25) is 9.59 Å². The van der Waals surface area contributed by atoms with Crippen LogP contribution in [0.5, 0.6) is 5.75 Å². The Morgan fingerprint density at radius 3 is 2.40 bits per heavy atom. The molecule has 5 nitrogen and oxygen atoms in total. The van der Waals surface area contributed by atoms with E-state index in [-0.39, 0.29) is 24.2 Å². The number of ketones is 1. The molecule has 0 saturated heterocycles. The van der Waals surface area contributed by atoms with Gasteiger partial charge >= 0.3 is 0 Å². The van der Waals surface area contributed by atoms with E-state index in [0.717, 1.165) is 5.56 Å². The summed E-state index contributed by atoms with van der Waals surface area (Å²) in [4.78, 5) is 25.8. The van der Waals surface area contributed by atoms with Gasteiger partial charge in [0.15, 0.2) is 12.4 Å². The molecule has 132 valence electrons. The van der Waals surface area contributed by atoms with Crippen molar-refractivity contribution >= 4 is 17.4 Å². The van der Waals surface area contributed by atoms with Crippen molar-refractivity contribution in [2.45, 2.75) is 20.4 Å². The highest BCUT2D eigenvalue weighted by Crippen LogP contribution is 2.24. The second-order valence-corrected chi connectivity index (χ2v) is 6.30. The maximum absolute atomic E-state index is 12.2. The zero-order valence-corrected chi connectivity index (χ0v) is 14.9. The van der Waals surface area contributed by atoms with Gasteiger partial charge in [-0.15, -0.1) is 0 Å². The Morgan fingerprint density at radius 2 is 1.80 bits per heavy atom. The smallest absolute Gasteiger partial charge is 0.260 e. The van der Waals surface area contributed by atoms with Gasteiger partial charge in [-0.25, -0.2) is 0 Å². The minimum atomic E-state index is -0.148. The Labute approximate surface area is 148 Å². The van der Waals surface area contributed by atoms with Crippen LogP contribution in [0.4, 0.5) is 5.69 Å². The second-order valence-electron chi connectivity index (χ2n) is 6.30. The first kappa shape index (κ1) is 18.5. The van der Waals surface area contributed by atoms with Crippen molar-refractivity contribution in [2.75, 3.05) is 19.4 Å². The van der Waals surface area contributed by atoms with Crippen LogP contribution < -0.4 is 10.5 Å². The van der Waals surface area contributed by atoms with Crippen LogP contribution >= 0.6 is 0 Å². The largest absolute Gasteiger partial charge is 0.482 e. The van der Waals surface area contributed by atoms with Crippen molar-refractivity contribution in [3.63, 3.8) is 0 Å². The highest BCUT2D eigenvalue weighted by molar-refractivity contribution is 5.98. The van der Waals surface area contributed by atoms with E-state index in [0.29, 0.717) is 23.5 Å². The molecule has 0 aliphatic heterocycles. The zero-order valence-electron chi connectivity index (χ0n) is 14.9. The van der Waals surface area contributed by atoms with Gasteiger partial charge in [-0.2, -0.15) is 0 Å². The first-order chi connectivity index (χ1) is 11.9. The predicted octanol–water partition coefficient (Wildman–Crippen LogP) is 3.14. The number of rotatable bonds is 7. The molecule has 0 unspecified atom stereocenters. The number of hydrogen-bond acceptors (Lipinski definition) is 4. The van der Waals surface area contributed by atoms with Gasteiger partial charge in [0.2, 0.25) is 0 Å². The van der Waals surface area contributed by atoms with E-state index in [1.165, 1.54) is 0 Å². The molecule has 0 radical (unpaired) electrons. The number of carbonyl (C=O) groups excluding carboxylic acids is 2. The number of Topliss-reactive ketones (excluding diaryl/α,β-unsaturated/α-hetero) is 1. The molecule has 2 aromatic rings. The molecule has 0 fully saturated rings. The minimum Gasteiger partial charge on any atom is -0.482 e. The van der Waals surface area contributed by atoms with Gasteiger partial charge in [0.1, 0.15) is 5.75 Å². The number of carbonyl (C=O) groups is 2. The minimum absolute atomic E-state index is 0.0249. The van der Waals surface area contributed by atoms with E-state index in [4.69, 9.17) is 10.5 Å². The molecule has 2 rings (SSSR count). The van der Waals surface area contributed by atoms with Gasteiger partial charge in [-0.1, -0.05) is 44.2 Å². The fourth-order valence-corrected chi connectivity index (χ4v) is 2.36. The lowest BCUT2D eigenvalue weighted by Gasteiger charge is -2.18. The van der Waals surface area contributed by atoms with Crippen LogP contribution in [0.1, 0.15) is 29.8 Å². The Hall–Kier alpha value is -2.82. The molecule has 0 saturated carbocycles. The molecule has 5 heteroatoms. The third kappa shape index (κ3) is 5.08. The zero-order chi connectivity index (χ0) is 18.4. The normalized spacial score (nSPS) is 10.6. The molecular weight excluding hydrogens is 316 g/mol. The van der Waals surface area contributed by atoms with Gasteiger partial charge in [0.05, 0.1) is 5.69 Å². The Balaban J connectivity index is 1.94. The summed E-state index contributed by atoms with van der Waals surface area (Å²) in [6.45, 7) is 4.08. The van der Waals surface area contributed by atoms with Gasteiger partial charge < -0.3 is 15.4 Å². The second kappa shape index (κ2) is 8.33. The first-order valence-electron chi connectivity index (χ1n) is 8.23. The van der Waals surface area contributed by atoms with Crippen LogP contribution in [0, 0.1) is 5.92 Å². The Morgan fingerprint density at radius 1 is 1.12 bits per heavy atom. The van der Waals surface area contributed by atoms with E-state index >= 15 is 0 Å². The molecule has 0 spiro atoms. The van der Waals surface area contributed by atoms with Gasteiger partial charge in [0.25, 0.3) is 5.91 Å². The topological polar surface area (TPSA) is 72.6 Å².